The lowest BCUT2D eigenvalue weighted by atomic mass is 10.1. The van der Waals surface area contributed by atoms with E-state index in [9.17, 15) is 4.79 Å². The third-order valence-electron chi connectivity index (χ3n) is 3.44. The average molecular weight is 385 g/mol. The van der Waals surface area contributed by atoms with Gasteiger partial charge in [-0.15, -0.1) is 0 Å². The summed E-state index contributed by atoms with van der Waals surface area (Å²) in [6, 6.07) is 16.4. The Bertz CT molecular complexity index is 965. The molecule has 130 valence electrons. The standard InChI is InChI=1S/C19H14Cl2N4O/c20-14-8-9-16(21)15(11-14)17-12-18(24-23-17)19(26)25-22-10-4-7-13-5-2-1-3-6-13/h1-12H,(H,23,24)(H,25,26)/b7-4+,22-10-. The van der Waals surface area contributed by atoms with E-state index in [4.69, 9.17) is 23.2 Å². The lowest BCUT2D eigenvalue weighted by molar-refractivity contribution is 0.0950. The van der Waals surface area contributed by atoms with Gasteiger partial charge in [0.05, 0.1) is 10.7 Å². The van der Waals surface area contributed by atoms with Gasteiger partial charge < -0.3 is 0 Å². The maximum absolute atomic E-state index is 12.1. The Balaban J connectivity index is 1.62. The molecule has 0 aliphatic carbocycles. The number of aromatic amines is 1. The van der Waals surface area contributed by atoms with Gasteiger partial charge in [0.15, 0.2) is 0 Å². The van der Waals surface area contributed by atoms with Crippen LogP contribution in [-0.2, 0) is 0 Å². The minimum absolute atomic E-state index is 0.264. The van der Waals surface area contributed by atoms with Gasteiger partial charge >= 0.3 is 0 Å². The predicted octanol–water partition coefficient (Wildman–Crippen LogP) is 4.81. The zero-order valence-electron chi connectivity index (χ0n) is 13.5. The van der Waals surface area contributed by atoms with E-state index < -0.39 is 5.91 Å². The van der Waals surface area contributed by atoms with Crippen LogP contribution in [0, 0.1) is 0 Å². The second-order valence-electron chi connectivity index (χ2n) is 5.28. The van der Waals surface area contributed by atoms with Crippen LogP contribution in [0.1, 0.15) is 16.1 Å². The van der Waals surface area contributed by atoms with Crippen LogP contribution in [0.15, 0.2) is 65.8 Å². The number of nitrogens with zero attached hydrogens (tertiary/aromatic N) is 2. The van der Waals surface area contributed by atoms with Gasteiger partial charge in [-0.3, -0.25) is 9.89 Å². The molecule has 0 fully saturated rings. The van der Waals surface area contributed by atoms with Crippen molar-refractivity contribution in [3.63, 3.8) is 0 Å². The number of aromatic nitrogens is 2. The lowest BCUT2D eigenvalue weighted by Gasteiger charge is -2.00. The fourth-order valence-corrected chi connectivity index (χ4v) is 2.57. The number of amides is 1. The average Bonchev–Trinajstić information content (AvgIpc) is 3.14. The molecule has 0 saturated carbocycles. The van der Waals surface area contributed by atoms with E-state index in [-0.39, 0.29) is 5.69 Å². The van der Waals surface area contributed by atoms with Crippen molar-refractivity contribution in [3.8, 4) is 11.3 Å². The molecule has 0 bridgehead atoms. The number of hydrogen-bond acceptors (Lipinski definition) is 3. The molecule has 0 aliphatic rings. The summed E-state index contributed by atoms with van der Waals surface area (Å²) in [6.07, 6.45) is 5.11. The van der Waals surface area contributed by atoms with Crippen LogP contribution >= 0.6 is 23.2 Å². The first kappa shape index (κ1) is 17.9. The quantitative estimate of drug-likeness (QED) is 0.489. The molecule has 2 N–H and O–H groups in total. The Morgan fingerprint density at radius 3 is 2.73 bits per heavy atom. The molecule has 0 radical (unpaired) electrons. The molecule has 2 aromatic carbocycles. The summed E-state index contributed by atoms with van der Waals surface area (Å²) in [7, 11) is 0. The molecule has 1 amide bonds. The Morgan fingerprint density at radius 2 is 1.92 bits per heavy atom. The fraction of sp³-hybridized carbons (Fsp3) is 0. The van der Waals surface area contributed by atoms with Crippen molar-refractivity contribution >= 4 is 41.4 Å². The molecule has 5 nitrogen and oxygen atoms in total. The van der Waals surface area contributed by atoms with Gasteiger partial charge in [0, 0.05) is 16.8 Å². The molecular formula is C19H14Cl2N4O. The smallest absolute Gasteiger partial charge is 0.272 e. The van der Waals surface area contributed by atoms with Crippen LogP contribution in [0.3, 0.4) is 0 Å². The minimum Gasteiger partial charge on any atom is -0.272 e. The number of allylic oxidation sites excluding steroid dienone is 1. The highest BCUT2D eigenvalue weighted by Gasteiger charge is 2.12. The van der Waals surface area contributed by atoms with Crippen LogP contribution in [-0.4, -0.2) is 22.3 Å². The predicted molar refractivity (Wildman–Crippen MR) is 105 cm³/mol. The highest BCUT2D eigenvalue weighted by molar-refractivity contribution is 6.35. The number of carbonyl (C=O) groups is 1. The van der Waals surface area contributed by atoms with Crippen LogP contribution < -0.4 is 5.43 Å². The zero-order valence-corrected chi connectivity index (χ0v) is 15.0. The molecule has 1 heterocycles. The molecule has 3 rings (SSSR count). The number of halogens is 2. The van der Waals surface area contributed by atoms with Crippen molar-refractivity contribution in [2.75, 3.05) is 0 Å². The van der Waals surface area contributed by atoms with E-state index in [1.165, 1.54) is 6.21 Å². The summed E-state index contributed by atoms with van der Waals surface area (Å²) in [4.78, 5) is 12.1. The Hall–Kier alpha value is -2.89. The van der Waals surface area contributed by atoms with E-state index in [2.05, 4.69) is 20.7 Å². The highest BCUT2D eigenvalue weighted by Crippen LogP contribution is 2.29. The highest BCUT2D eigenvalue weighted by atomic mass is 35.5. The van der Waals surface area contributed by atoms with Gasteiger partial charge in [-0.25, -0.2) is 5.43 Å². The zero-order chi connectivity index (χ0) is 18.4. The maximum atomic E-state index is 12.1. The van der Waals surface area contributed by atoms with E-state index in [0.29, 0.717) is 21.3 Å². The van der Waals surface area contributed by atoms with Crippen molar-refractivity contribution in [1.82, 2.24) is 15.6 Å². The summed E-state index contributed by atoms with van der Waals surface area (Å²) < 4.78 is 0. The number of H-pyrrole nitrogens is 1. The van der Waals surface area contributed by atoms with E-state index >= 15 is 0 Å². The van der Waals surface area contributed by atoms with Gasteiger partial charge in [-0.1, -0.05) is 59.6 Å². The Kier molecular flexibility index (Phi) is 5.84. The van der Waals surface area contributed by atoms with Crippen molar-refractivity contribution in [2.45, 2.75) is 0 Å². The Labute approximate surface area is 160 Å². The van der Waals surface area contributed by atoms with E-state index in [1.54, 1.807) is 30.3 Å². The summed E-state index contributed by atoms with van der Waals surface area (Å²) in [5, 5.41) is 11.7. The van der Waals surface area contributed by atoms with Gasteiger partial charge in [0.25, 0.3) is 5.91 Å². The van der Waals surface area contributed by atoms with Crippen molar-refractivity contribution in [3.05, 3.63) is 82.0 Å². The summed E-state index contributed by atoms with van der Waals surface area (Å²) in [5.74, 6) is -0.411. The molecule has 26 heavy (non-hydrogen) atoms. The largest absolute Gasteiger partial charge is 0.289 e. The number of carbonyl (C=O) groups excluding carboxylic acids is 1. The number of rotatable bonds is 5. The van der Waals surface area contributed by atoms with E-state index in [1.807, 2.05) is 36.4 Å². The number of hydrogen-bond donors (Lipinski definition) is 2. The SMILES string of the molecule is O=C(N/N=C\C=C\c1ccccc1)c1cc(-c2cc(Cl)ccc2Cl)n[nH]1. The second kappa shape index (κ2) is 8.47. The fourth-order valence-electron chi connectivity index (χ4n) is 2.19. The third-order valence-corrected chi connectivity index (χ3v) is 4.01. The van der Waals surface area contributed by atoms with Crippen molar-refractivity contribution in [1.29, 1.82) is 0 Å². The first-order chi connectivity index (χ1) is 12.6. The van der Waals surface area contributed by atoms with E-state index in [0.717, 1.165) is 5.56 Å². The van der Waals surface area contributed by atoms with Crippen LogP contribution in [0.2, 0.25) is 10.0 Å². The number of benzene rings is 2. The topological polar surface area (TPSA) is 70.1 Å². The molecule has 3 aromatic rings. The van der Waals surface area contributed by atoms with Crippen LogP contribution in [0.5, 0.6) is 0 Å². The summed E-state index contributed by atoms with van der Waals surface area (Å²) >= 11 is 12.1. The minimum atomic E-state index is -0.411. The molecule has 0 unspecified atom stereocenters. The molecule has 7 heteroatoms. The Morgan fingerprint density at radius 1 is 1.12 bits per heavy atom. The monoisotopic (exact) mass is 384 g/mol. The van der Waals surface area contributed by atoms with Crippen LogP contribution in [0.4, 0.5) is 0 Å². The lowest BCUT2D eigenvalue weighted by Crippen LogP contribution is -2.17. The third kappa shape index (κ3) is 4.59. The summed E-state index contributed by atoms with van der Waals surface area (Å²) in [6.45, 7) is 0. The first-order valence-corrected chi connectivity index (χ1v) is 8.45. The maximum Gasteiger partial charge on any atom is 0.289 e. The van der Waals surface area contributed by atoms with Gasteiger partial charge in [0.1, 0.15) is 5.69 Å². The van der Waals surface area contributed by atoms with Gasteiger partial charge in [-0.05, 0) is 35.9 Å². The summed E-state index contributed by atoms with van der Waals surface area (Å²) in [5.41, 5.74) is 4.90. The molecule has 0 atom stereocenters. The molecule has 0 spiro atoms. The molecular weight excluding hydrogens is 371 g/mol. The molecule has 0 aliphatic heterocycles. The van der Waals surface area contributed by atoms with Crippen molar-refractivity contribution < 1.29 is 4.79 Å². The number of nitrogens with one attached hydrogen (secondary N) is 2. The number of hydrazone groups is 1. The van der Waals surface area contributed by atoms with Gasteiger partial charge in [-0.2, -0.15) is 10.2 Å². The normalized spacial score (nSPS) is 11.3. The van der Waals surface area contributed by atoms with Crippen LogP contribution in [0.25, 0.3) is 17.3 Å². The molecule has 1 aromatic heterocycles. The first-order valence-electron chi connectivity index (χ1n) is 7.69. The second-order valence-corrected chi connectivity index (χ2v) is 6.12. The van der Waals surface area contributed by atoms with Gasteiger partial charge in [0.2, 0.25) is 0 Å². The molecule has 0 saturated heterocycles. The van der Waals surface area contributed by atoms with Crippen molar-refractivity contribution in [2.24, 2.45) is 5.10 Å².